The third-order valence-corrected chi connectivity index (χ3v) is 4.22. The molecule has 2 aromatic rings. The highest BCUT2D eigenvalue weighted by molar-refractivity contribution is 7.98. The Labute approximate surface area is 127 Å². The molecule has 21 heavy (non-hydrogen) atoms. The molecule has 4 heteroatoms. The van der Waals surface area contributed by atoms with Crippen molar-refractivity contribution in [2.24, 2.45) is 0 Å². The second kappa shape index (κ2) is 7.03. The average Bonchev–Trinajstić information content (AvgIpc) is 2.48. The first kappa shape index (κ1) is 16.0. The molecule has 1 atom stereocenters. The van der Waals surface area contributed by atoms with Crippen LogP contribution in [0.15, 0.2) is 59.5 Å². The molecule has 0 aromatic heterocycles. The number of halogens is 3. The quantitative estimate of drug-likeness (QED) is 0.640. The Morgan fingerprint density at radius 3 is 2.10 bits per heavy atom. The number of hydrogen-bond donors (Lipinski definition) is 0. The Morgan fingerprint density at radius 2 is 1.57 bits per heavy atom. The predicted molar refractivity (Wildman–Crippen MR) is 81.8 cm³/mol. The summed E-state index contributed by atoms with van der Waals surface area (Å²) in [4.78, 5) is 0.975. The van der Waals surface area contributed by atoms with E-state index in [9.17, 15) is 13.2 Å². The lowest BCUT2D eigenvalue weighted by molar-refractivity contribution is -0.151. The molecule has 0 bridgehead atoms. The monoisotopic (exact) mass is 310 g/mol. The topological polar surface area (TPSA) is 0 Å². The lowest BCUT2D eigenvalue weighted by atomic mass is 9.92. The Morgan fingerprint density at radius 1 is 0.952 bits per heavy atom. The first-order valence-corrected chi connectivity index (χ1v) is 7.98. The van der Waals surface area contributed by atoms with Gasteiger partial charge in [0.2, 0.25) is 0 Å². The first-order valence-electron chi connectivity index (χ1n) is 6.75. The molecule has 0 heterocycles. The predicted octanol–water partition coefficient (Wildman–Crippen LogP) is 5.69. The molecule has 0 fully saturated rings. The molecule has 1 unspecified atom stereocenters. The number of alkyl halides is 3. The van der Waals surface area contributed by atoms with Crippen molar-refractivity contribution in [1.82, 2.24) is 0 Å². The summed E-state index contributed by atoms with van der Waals surface area (Å²) in [5.74, 6) is -1.41. The number of thioether (sulfide) groups is 1. The lowest BCUT2D eigenvalue weighted by Gasteiger charge is -2.21. The van der Waals surface area contributed by atoms with Crippen molar-refractivity contribution in [2.45, 2.75) is 29.8 Å². The highest BCUT2D eigenvalue weighted by Crippen LogP contribution is 2.38. The van der Waals surface area contributed by atoms with Gasteiger partial charge in [0.25, 0.3) is 0 Å². The fraction of sp³-hybridized carbons (Fsp3) is 0.294. The summed E-state index contributed by atoms with van der Waals surface area (Å²) in [5.41, 5.74) is 1.28. The summed E-state index contributed by atoms with van der Waals surface area (Å²) in [6.07, 6.45) is -1.80. The summed E-state index contributed by atoms with van der Waals surface area (Å²) in [6.45, 7) is 0. The largest absolute Gasteiger partial charge is 0.395 e. The number of hydrogen-bond acceptors (Lipinski definition) is 1. The smallest absolute Gasteiger partial charge is 0.170 e. The highest BCUT2D eigenvalue weighted by Gasteiger charge is 2.40. The van der Waals surface area contributed by atoms with Crippen molar-refractivity contribution in [3.05, 3.63) is 65.7 Å². The molecule has 0 radical (unpaired) electrons. The van der Waals surface area contributed by atoms with E-state index in [4.69, 9.17) is 0 Å². The molecule has 0 nitrogen and oxygen atoms in total. The van der Waals surface area contributed by atoms with Crippen molar-refractivity contribution in [1.29, 1.82) is 0 Å². The normalized spacial score (nSPS) is 13.1. The molecule has 0 N–H and O–H groups in total. The highest BCUT2D eigenvalue weighted by atomic mass is 32.2. The minimum absolute atomic E-state index is 0.0755. The van der Waals surface area contributed by atoms with Crippen LogP contribution in [0.1, 0.15) is 23.5 Å². The Kier molecular flexibility index (Phi) is 5.34. The van der Waals surface area contributed by atoms with E-state index in [1.165, 1.54) is 11.8 Å². The molecule has 0 saturated carbocycles. The van der Waals surface area contributed by atoms with Gasteiger partial charge >= 0.3 is 6.18 Å². The molecule has 0 aliphatic rings. The minimum atomic E-state index is -4.21. The second-order valence-electron chi connectivity index (χ2n) is 4.89. The van der Waals surface area contributed by atoms with Crippen molar-refractivity contribution >= 4 is 11.8 Å². The fourth-order valence-corrected chi connectivity index (χ4v) is 2.72. The van der Waals surface area contributed by atoms with Crippen LogP contribution >= 0.6 is 11.8 Å². The van der Waals surface area contributed by atoms with Gasteiger partial charge in [0.1, 0.15) is 0 Å². The van der Waals surface area contributed by atoms with Gasteiger partial charge in [-0.25, -0.2) is 0 Å². The van der Waals surface area contributed by atoms with Crippen molar-refractivity contribution in [3.8, 4) is 0 Å². The number of benzene rings is 2. The Bertz CT molecular complexity index is 546. The van der Waals surface area contributed by atoms with Crippen LogP contribution in [0.25, 0.3) is 0 Å². The minimum Gasteiger partial charge on any atom is -0.170 e. The van der Waals surface area contributed by atoms with E-state index in [1.54, 1.807) is 24.3 Å². The molecule has 112 valence electrons. The van der Waals surface area contributed by atoms with Crippen LogP contribution in [0.5, 0.6) is 0 Å². The van der Waals surface area contributed by atoms with E-state index in [1.807, 2.05) is 36.6 Å². The average molecular weight is 310 g/mol. The zero-order valence-electron chi connectivity index (χ0n) is 11.7. The van der Waals surface area contributed by atoms with Gasteiger partial charge in [-0.2, -0.15) is 13.2 Å². The Balaban J connectivity index is 2.14. The van der Waals surface area contributed by atoms with Crippen LogP contribution in [0, 0.1) is 0 Å². The summed E-state index contributed by atoms with van der Waals surface area (Å²) >= 11 is 1.53. The zero-order valence-corrected chi connectivity index (χ0v) is 12.5. The molecule has 0 aliphatic carbocycles. The standard InChI is InChI=1S/C17H17F3S/c1-21-15-10-8-14(9-11-15)16(17(18,19)20)12-7-13-5-3-2-4-6-13/h2-6,8-11,16H,7,12H2,1H3. The molecule has 2 aromatic carbocycles. The molecule has 2 rings (SSSR count). The maximum absolute atomic E-state index is 13.3. The number of aryl methyl sites for hydroxylation is 1. The molecular formula is C17H17F3S. The molecule has 0 aliphatic heterocycles. The maximum atomic E-state index is 13.3. The summed E-state index contributed by atoms with van der Waals surface area (Å²) in [6, 6.07) is 16.0. The van der Waals surface area contributed by atoms with Crippen LogP contribution in [-0.2, 0) is 6.42 Å². The van der Waals surface area contributed by atoms with Crippen LogP contribution in [0.3, 0.4) is 0 Å². The zero-order chi connectivity index (χ0) is 15.3. The molecule has 0 saturated heterocycles. The van der Waals surface area contributed by atoms with E-state index < -0.39 is 12.1 Å². The summed E-state index contributed by atoms with van der Waals surface area (Å²) < 4.78 is 39.9. The van der Waals surface area contributed by atoms with Crippen LogP contribution in [0.4, 0.5) is 13.2 Å². The van der Waals surface area contributed by atoms with Gasteiger partial charge in [-0.05, 0) is 42.4 Å². The van der Waals surface area contributed by atoms with Gasteiger partial charge < -0.3 is 0 Å². The van der Waals surface area contributed by atoms with Gasteiger partial charge in [0, 0.05) is 4.90 Å². The van der Waals surface area contributed by atoms with Crippen LogP contribution in [0.2, 0.25) is 0 Å². The van der Waals surface area contributed by atoms with Gasteiger partial charge in [-0.15, -0.1) is 11.8 Å². The van der Waals surface area contributed by atoms with Crippen molar-refractivity contribution in [3.63, 3.8) is 0 Å². The van der Waals surface area contributed by atoms with Gasteiger partial charge in [-0.3, -0.25) is 0 Å². The Hall–Kier alpha value is -1.42. The molecule has 0 spiro atoms. The van der Waals surface area contributed by atoms with E-state index >= 15 is 0 Å². The van der Waals surface area contributed by atoms with Gasteiger partial charge in [-0.1, -0.05) is 42.5 Å². The fourth-order valence-electron chi connectivity index (χ4n) is 2.31. The third-order valence-electron chi connectivity index (χ3n) is 3.48. The molecular weight excluding hydrogens is 293 g/mol. The van der Waals surface area contributed by atoms with Crippen LogP contribution in [-0.4, -0.2) is 12.4 Å². The van der Waals surface area contributed by atoms with Crippen LogP contribution < -0.4 is 0 Å². The van der Waals surface area contributed by atoms with E-state index in [2.05, 4.69) is 0 Å². The van der Waals surface area contributed by atoms with Crippen molar-refractivity contribution in [2.75, 3.05) is 6.26 Å². The second-order valence-corrected chi connectivity index (χ2v) is 5.77. The SMILES string of the molecule is CSc1ccc(C(CCc2ccccc2)C(F)(F)F)cc1. The first-order chi connectivity index (χ1) is 10.0. The van der Waals surface area contributed by atoms with Gasteiger partial charge in [0.15, 0.2) is 0 Å². The summed E-state index contributed by atoms with van der Waals surface area (Å²) in [7, 11) is 0. The van der Waals surface area contributed by atoms with E-state index in [-0.39, 0.29) is 6.42 Å². The maximum Gasteiger partial charge on any atom is 0.395 e. The van der Waals surface area contributed by atoms with E-state index in [0.29, 0.717) is 12.0 Å². The van der Waals surface area contributed by atoms with Crippen molar-refractivity contribution < 1.29 is 13.2 Å². The summed E-state index contributed by atoms with van der Waals surface area (Å²) in [5, 5.41) is 0. The number of rotatable bonds is 5. The lowest BCUT2D eigenvalue weighted by Crippen LogP contribution is -2.21. The van der Waals surface area contributed by atoms with E-state index in [0.717, 1.165) is 10.5 Å². The van der Waals surface area contributed by atoms with Gasteiger partial charge in [0.05, 0.1) is 5.92 Å². The third kappa shape index (κ3) is 4.53. The molecule has 0 amide bonds.